The van der Waals surface area contributed by atoms with Gasteiger partial charge >= 0.3 is 12.6 Å². The number of esters is 1. The average molecular weight is 395 g/mol. The summed E-state index contributed by atoms with van der Waals surface area (Å²) in [7, 11) is 2.93. The second kappa shape index (κ2) is 9.54. The Morgan fingerprint density at radius 2 is 1.64 bits per heavy atom. The highest BCUT2D eigenvalue weighted by Gasteiger charge is 2.22. The van der Waals surface area contributed by atoms with Crippen LogP contribution >= 0.6 is 0 Å². The first-order valence-corrected chi connectivity index (χ1v) is 8.13. The number of hydrogen-bond acceptors (Lipinski definition) is 6. The Balaban J connectivity index is 2.05. The topological polar surface area (TPSA) is 83.1 Å². The molecule has 2 aromatic rings. The molecule has 0 aliphatic carbocycles. The van der Waals surface area contributed by atoms with Crippen LogP contribution < -0.4 is 19.5 Å². The van der Waals surface area contributed by atoms with Crippen molar-refractivity contribution in [3.8, 4) is 17.2 Å². The number of anilines is 1. The monoisotopic (exact) mass is 395 g/mol. The quantitative estimate of drug-likeness (QED) is 0.689. The zero-order chi connectivity index (χ0) is 20.7. The third kappa shape index (κ3) is 5.32. The zero-order valence-corrected chi connectivity index (χ0v) is 15.4. The van der Waals surface area contributed by atoms with E-state index in [9.17, 15) is 18.4 Å². The van der Waals surface area contributed by atoms with Crippen LogP contribution in [0.2, 0.25) is 0 Å². The Morgan fingerprint density at radius 1 is 0.964 bits per heavy atom. The fraction of sp³-hybridized carbons (Fsp3) is 0.263. The summed E-state index contributed by atoms with van der Waals surface area (Å²) in [5.41, 5.74) is 0.181. The largest absolute Gasteiger partial charge is 0.493 e. The lowest BCUT2D eigenvalue weighted by Gasteiger charge is -2.16. The summed E-state index contributed by atoms with van der Waals surface area (Å²) < 4.78 is 44.5. The van der Waals surface area contributed by atoms with Gasteiger partial charge in [-0.05, 0) is 31.2 Å². The number of nitrogens with one attached hydrogen (secondary N) is 1. The van der Waals surface area contributed by atoms with Crippen LogP contribution in [0.3, 0.4) is 0 Å². The smallest absolute Gasteiger partial charge is 0.387 e. The average Bonchev–Trinajstić information content (AvgIpc) is 2.67. The van der Waals surface area contributed by atoms with Gasteiger partial charge in [-0.3, -0.25) is 4.79 Å². The van der Waals surface area contributed by atoms with Gasteiger partial charge in [0.2, 0.25) is 0 Å². The van der Waals surface area contributed by atoms with Crippen molar-refractivity contribution in [2.24, 2.45) is 0 Å². The van der Waals surface area contributed by atoms with Gasteiger partial charge < -0.3 is 24.3 Å². The van der Waals surface area contributed by atoms with Gasteiger partial charge in [0.25, 0.3) is 5.91 Å². The van der Waals surface area contributed by atoms with E-state index in [1.165, 1.54) is 51.5 Å². The Bertz CT molecular complexity index is 843. The standard InChI is InChI=1S/C19H19F2NO6/c1-11(17(23)22-12-8-9-15(25-2)16(10-12)26-3)27-18(24)13-6-4-5-7-14(13)28-19(20)21/h4-11,19H,1-3H3,(H,22,23)/t11-/m0/s1. The highest BCUT2D eigenvalue weighted by Crippen LogP contribution is 2.30. The van der Waals surface area contributed by atoms with Gasteiger partial charge in [-0.15, -0.1) is 0 Å². The van der Waals surface area contributed by atoms with Gasteiger partial charge in [0.05, 0.1) is 14.2 Å². The van der Waals surface area contributed by atoms with Crippen LogP contribution in [0.25, 0.3) is 0 Å². The van der Waals surface area contributed by atoms with Gasteiger partial charge in [-0.2, -0.15) is 8.78 Å². The van der Waals surface area contributed by atoms with E-state index >= 15 is 0 Å². The van der Waals surface area contributed by atoms with Crippen molar-refractivity contribution in [2.45, 2.75) is 19.6 Å². The van der Waals surface area contributed by atoms with E-state index in [0.29, 0.717) is 17.2 Å². The number of alkyl halides is 2. The highest BCUT2D eigenvalue weighted by atomic mass is 19.3. The fourth-order valence-electron chi connectivity index (χ4n) is 2.27. The van der Waals surface area contributed by atoms with Crippen LogP contribution in [0, 0.1) is 0 Å². The molecule has 28 heavy (non-hydrogen) atoms. The highest BCUT2D eigenvalue weighted by molar-refractivity contribution is 5.98. The molecule has 1 amide bonds. The van der Waals surface area contributed by atoms with Crippen LogP contribution in [-0.4, -0.2) is 38.8 Å². The van der Waals surface area contributed by atoms with E-state index < -0.39 is 24.6 Å². The summed E-state index contributed by atoms with van der Waals surface area (Å²) in [5, 5.41) is 2.57. The fourth-order valence-corrected chi connectivity index (χ4v) is 2.27. The molecule has 9 heteroatoms. The maximum absolute atomic E-state index is 12.5. The number of benzene rings is 2. The molecule has 0 radical (unpaired) electrons. The molecular weight excluding hydrogens is 376 g/mol. The summed E-state index contributed by atoms with van der Waals surface area (Å²) in [6.45, 7) is -1.75. The first-order valence-electron chi connectivity index (χ1n) is 8.13. The summed E-state index contributed by atoms with van der Waals surface area (Å²) in [5.74, 6) is -1.03. The zero-order valence-electron chi connectivity index (χ0n) is 15.4. The van der Waals surface area contributed by atoms with Crippen molar-refractivity contribution >= 4 is 17.6 Å². The number of carbonyl (C=O) groups excluding carboxylic acids is 2. The Labute approximate surface area is 160 Å². The van der Waals surface area contributed by atoms with Gasteiger partial charge in [0.15, 0.2) is 17.6 Å². The minimum Gasteiger partial charge on any atom is -0.493 e. The minimum atomic E-state index is -3.10. The number of halogens is 2. The molecule has 0 unspecified atom stereocenters. The number of hydrogen-bond donors (Lipinski definition) is 1. The minimum absolute atomic E-state index is 0.214. The summed E-state index contributed by atoms with van der Waals surface area (Å²) in [6, 6.07) is 10.1. The lowest BCUT2D eigenvalue weighted by atomic mass is 10.2. The number of rotatable bonds is 8. The number of carbonyl (C=O) groups is 2. The normalized spacial score (nSPS) is 11.5. The van der Waals surface area contributed by atoms with Crippen molar-refractivity contribution in [1.82, 2.24) is 0 Å². The third-order valence-electron chi connectivity index (χ3n) is 3.63. The molecule has 0 bridgehead atoms. The lowest BCUT2D eigenvalue weighted by molar-refractivity contribution is -0.123. The van der Waals surface area contributed by atoms with Gasteiger partial charge in [0, 0.05) is 11.8 Å². The molecule has 0 aromatic heterocycles. The maximum atomic E-state index is 12.5. The van der Waals surface area contributed by atoms with E-state index in [0.717, 1.165) is 0 Å². The molecule has 2 rings (SSSR count). The molecule has 2 aromatic carbocycles. The number of ether oxygens (including phenoxy) is 4. The van der Waals surface area contributed by atoms with Crippen molar-refractivity contribution in [3.05, 3.63) is 48.0 Å². The van der Waals surface area contributed by atoms with Gasteiger partial charge in [-0.1, -0.05) is 12.1 Å². The Kier molecular flexibility index (Phi) is 7.14. The van der Waals surface area contributed by atoms with Crippen LogP contribution in [-0.2, 0) is 9.53 Å². The molecule has 150 valence electrons. The third-order valence-corrected chi connectivity index (χ3v) is 3.63. The molecule has 0 aliphatic rings. The van der Waals surface area contributed by atoms with Crippen molar-refractivity contribution in [2.75, 3.05) is 19.5 Å². The number of methoxy groups -OCH3 is 2. The van der Waals surface area contributed by atoms with Crippen molar-refractivity contribution in [3.63, 3.8) is 0 Å². The van der Waals surface area contributed by atoms with Crippen LogP contribution in [0.1, 0.15) is 17.3 Å². The van der Waals surface area contributed by atoms with Crippen LogP contribution in [0.4, 0.5) is 14.5 Å². The summed E-state index contributed by atoms with van der Waals surface area (Å²) >= 11 is 0. The predicted octanol–water partition coefficient (Wildman–Crippen LogP) is 3.49. The molecule has 1 atom stereocenters. The number of para-hydroxylation sites is 1. The van der Waals surface area contributed by atoms with Crippen molar-refractivity contribution < 1.29 is 37.3 Å². The molecule has 0 fully saturated rings. The van der Waals surface area contributed by atoms with Crippen LogP contribution in [0.15, 0.2) is 42.5 Å². The maximum Gasteiger partial charge on any atom is 0.387 e. The first kappa shape index (κ1) is 20.9. The molecule has 7 nitrogen and oxygen atoms in total. The molecular formula is C19H19F2NO6. The SMILES string of the molecule is COc1ccc(NC(=O)[C@H](C)OC(=O)c2ccccc2OC(F)F)cc1OC. The summed E-state index contributed by atoms with van der Waals surface area (Å²) in [4.78, 5) is 24.5. The van der Waals surface area contributed by atoms with Crippen LogP contribution in [0.5, 0.6) is 17.2 Å². The second-order valence-electron chi connectivity index (χ2n) is 5.48. The van der Waals surface area contributed by atoms with E-state index in [4.69, 9.17) is 14.2 Å². The van der Waals surface area contributed by atoms with Gasteiger partial charge in [-0.25, -0.2) is 4.79 Å². The Morgan fingerprint density at radius 3 is 2.29 bits per heavy atom. The van der Waals surface area contributed by atoms with E-state index in [1.807, 2.05) is 0 Å². The van der Waals surface area contributed by atoms with E-state index in [2.05, 4.69) is 10.1 Å². The van der Waals surface area contributed by atoms with Gasteiger partial charge in [0.1, 0.15) is 11.3 Å². The molecule has 0 saturated heterocycles. The molecule has 0 aliphatic heterocycles. The predicted molar refractivity (Wildman–Crippen MR) is 96.1 cm³/mol. The molecule has 0 heterocycles. The second-order valence-corrected chi connectivity index (χ2v) is 5.48. The van der Waals surface area contributed by atoms with Crippen molar-refractivity contribution in [1.29, 1.82) is 0 Å². The number of amides is 1. The van der Waals surface area contributed by atoms with E-state index in [1.54, 1.807) is 12.1 Å². The van der Waals surface area contributed by atoms with E-state index in [-0.39, 0.29) is 11.3 Å². The Hall–Kier alpha value is -3.36. The molecule has 0 spiro atoms. The first-order chi connectivity index (χ1) is 13.3. The molecule has 1 N–H and O–H groups in total. The summed E-state index contributed by atoms with van der Waals surface area (Å²) in [6.07, 6.45) is -1.19. The lowest BCUT2D eigenvalue weighted by Crippen LogP contribution is -2.30. The molecule has 0 saturated carbocycles.